The van der Waals surface area contributed by atoms with Crippen molar-refractivity contribution < 1.29 is 29.1 Å². The van der Waals surface area contributed by atoms with Gasteiger partial charge in [-0.15, -0.1) is 0 Å². The van der Waals surface area contributed by atoms with Crippen molar-refractivity contribution >= 4 is 35.0 Å². The third-order valence-corrected chi connectivity index (χ3v) is 5.95. The van der Waals surface area contributed by atoms with E-state index in [1.807, 2.05) is 30.3 Å². The van der Waals surface area contributed by atoms with Crippen LogP contribution < -0.4 is 20.7 Å². The van der Waals surface area contributed by atoms with Gasteiger partial charge in [-0.1, -0.05) is 59.8 Å². The van der Waals surface area contributed by atoms with E-state index in [9.17, 15) is 14.4 Å². The average molecular weight is 503 g/mol. The van der Waals surface area contributed by atoms with Gasteiger partial charge in [0, 0.05) is 17.3 Å². The first kappa shape index (κ1) is 25.2. The number of anilines is 2. The number of nitrogens with zero attached hydrogens (tertiary/aromatic N) is 2. The monoisotopic (exact) mass is 502 g/mol. The number of carbonyl (C=O) groups excluding carboxylic acids is 3. The molecule has 3 aromatic carbocycles. The maximum Gasteiger partial charge on any atom is 0.318 e. The summed E-state index contributed by atoms with van der Waals surface area (Å²) in [6.45, 7) is 0.115. The zero-order valence-corrected chi connectivity index (χ0v) is 20.1. The van der Waals surface area contributed by atoms with Crippen molar-refractivity contribution in [3.05, 3.63) is 89.5 Å². The van der Waals surface area contributed by atoms with Crippen LogP contribution in [0, 0.1) is 5.92 Å². The number of ether oxygens (including phenoxy) is 2. The number of nitrogens with one attached hydrogen (secondary N) is 1. The van der Waals surface area contributed by atoms with E-state index in [4.69, 9.17) is 20.4 Å². The number of amides is 2. The number of esters is 1. The van der Waals surface area contributed by atoms with Gasteiger partial charge in [0.1, 0.15) is 11.7 Å². The highest BCUT2D eigenvalue weighted by molar-refractivity contribution is 6.05. The summed E-state index contributed by atoms with van der Waals surface area (Å²) < 4.78 is 10.5. The summed E-state index contributed by atoms with van der Waals surface area (Å²) in [6.07, 6.45) is 0.192. The largest absolute Gasteiger partial charge is 0.481 e. The number of nitrogens with two attached hydrogens (primary N) is 1. The smallest absolute Gasteiger partial charge is 0.318 e. The number of amidine groups is 1. The molecule has 0 bridgehead atoms. The third kappa shape index (κ3) is 5.87. The number of hydrogen-bond acceptors (Lipinski definition) is 7. The Kier molecular flexibility index (Phi) is 7.68. The van der Waals surface area contributed by atoms with E-state index in [2.05, 4.69) is 10.5 Å². The molecule has 0 saturated carbocycles. The first-order chi connectivity index (χ1) is 17.9. The van der Waals surface area contributed by atoms with E-state index in [1.54, 1.807) is 47.4 Å². The van der Waals surface area contributed by atoms with E-state index in [0.29, 0.717) is 22.7 Å². The van der Waals surface area contributed by atoms with Crippen LogP contribution >= 0.6 is 0 Å². The zero-order chi connectivity index (χ0) is 26.4. The molecule has 4 rings (SSSR count). The topological polar surface area (TPSA) is 144 Å². The Morgan fingerprint density at radius 1 is 1.11 bits per heavy atom. The molecular formula is C27H26N4O6. The molecule has 1 heterocycles. The Bertz CT molecular complexity index is 1320. The van der Waals surface area contributed by atoms with Crippen LogP contribution in [-0.4, -0.2) is 42.5 Å². The fourth-order valence-electron chi connectivity index (χ4n) is 3.98. The Morgan fingerprint density at radius 2 is 1.84 bits per heavy atom. The molecule has 10 nitrogen and oxygen atoms in total. The quantitative estimate of drug-likeness (QED) is 0.107. The van der Waals surface area contributed by atoms with E-state index in [1.165, 1.54) is 7.11 Å². The second-order valence-electron chi connectivity index (χ2n) is 8.39. The maximum absolute atomic E-state index is 13.0. The summed E-state index contributed by atoms with van der Waals surface area (Å²) in [5, 5.41) is 14.6. The van der Waals surface area contributed by atoms with Gasteiger partial charge in [-0.05, 0) is 29.7 Å². The van der Waals surface area contributed by atoms with Crippen LogP contribution in [0.25, 0.3) is 0 Å². The molecule has 3 aromatic rings. The highest BCUT2D eigenvalue weighted by Crippen LogP contribution is 2.35. The predicted molar refractivity (Wildman–Crippen MR) is 136 cm³/mol. The number of benzene rings is 3. The number of fused-ring (bicyclic) bond motifs is 1. The van der Waals surface area contributed by atoms with Crippen LogP contribution in [0.1, 0.15) is 16.7 Å². The lowest BCUT2D eigenvalue weighted by Gasteiger charge is -2.30. The number of carbonyl (C=O) groups is 3. The molecule has 37 heavy (non-hydrogen) atoms. The van der Waals surface area contributed by atoms with Gasteiger partial charge in [-0.2, -0.15) is 0 Å². The van der Waals surface area contributed by atoms with Gasteiger partial charge >= 0.3 is 5.97 Å². The SMILES string of the molecule is COC(=O)C(Cc1ccccc1)C(=O)Nc1ccc2c(c1)OCC(=O)N2Cc1ccc(/C(N)=N\O)cc1. The first-order valence-corrected chi connectivity index (χ1v) is 11.5. The molecule has 4 N–H and O–H groups in total. The molecule has 0 aromatic heterocycles. The van der Waals surface area contributed by atoms with Gasteiger partial charge in [0.25, 0.3) is 5.91 Å². The van der Waals surface area contributed by atoms with Crippen LogP contribution in [0.3, 0.4) is 0 Å². The van der Waals surface area contributed by atoms with Crippen molar-refractivity contribution in [1.29, 1.82) is 0 Å². The number of oxime groups is 1. The summed E-state index contributed by atoms with van der Waals surface area (Å²) in [5.74, 6) is -1.99. The maximum atomic E-state index is 13.0. The predicted octanol–water partition coefficient (Wildman–Crippen LogP) is 2.68. The summed E-state index contributed by atoms with van der Waals surface area (Å²) in [6, 6.07) is 21.1. The van der Waals surface area contributed by atoms with Crippen LogP contribution in [0.15, 0.2) is 78.0 Å². The average Bonchev–Trinajstić information content (AvgIpc) is 2.93. The molecule has 0 spiro atoms. The molecule has 0 aliphatic carbocycles. The summed E-state index contributed by atoms with van der Waals surface area (Å²) in [7, 11) is 1.24. The van der Waals surface area contributed by atoms with Gasteiger partial charge in [0.2, 0.25) is 5.91 Å². The standard InChI is InChI=1S/C27H26N4O6/c1-36-27(34)21(13-17-5-3-2-4-6-17)26(33)29-20-11-12-22-23(14-20)37-16-24(32)31(22)15-18-7-9-19(10-8-18)25(28)30-35/h2-12,14,21,35H,13,15-16H2,1H3,(H2,28,30)(H,29,33). The molecule has 1 unspecified atom stereocenters. The molecule has 10 heteroatoms. The Labute approximate surface area is 213 Å². The van der Waals surface area contributed by atoms with Crippen molar-refractivity contribution in [2.24, 2.45) is 16.8 Å². The second-order valence-corrected chi connectivity index (χ2v) is 8.39. The minimum Gasteiger partial charge on any atom is -0.481 e. The van der Waals surface area contributed by atoms with E-state index >= 15 is 0 Å². The van der Waals surface area contributed by atoms with Crippen LogP contribution in [-0.2, 0) is 32.1 Å². The molecule has 0 radical (unpaired) electrons. The summed E-state index contributed by atoms with van der Waals surface area (Å²) in [5.41, 5.74) is 8.78. The third-order valence-electron chi connectivity index (χ3n) is 5.95. The van der Waals surface area contributed by atoms with Gasteiger partial charge in [0.15, 0.2) is 12.4 Å². The second kappa shape index (κ2) is 11.3. The number of rotatable bonds is 8. The van der Waals surface area contributed by atoms with Crippen LogP contribution in [0.2, 0.25) is 0 Å². The normalized spacial score (nSPS) is 13.8. The lowest BCUT2D eigenvalue weighted by Crippen LogP contribution is -2.38. The van der Waals surface area contributed by atoms with E-state index in [-0.39, 0.29) is 31.3 Å². The lowest BCUT2D eigenvalue weighted by molar-refractivity contribution is -0.148. The van der Waals surface area contributed by atoms with E-state index in [0.717, 1.165) is 11.1 Å². The minimum absolute atomic E-state index is 0.00729. The van der Waals surface area contributed by atoms with Gasteiger partial charge in [-0.25, -0.2) is 0 Å². The van der Waals surface area contributed by atoms with Crippen molar-refractivity contribution in [1.82, 2.24) is 0 Å². The molecule has 1 aliphatic heterocycles. The fraction of sp³-hybridized carbons (Fsp3) is 0.185. The molecule has 190 valence electrons. The van der Waals surface area contributed by atoms with Crippen LogP contribution in [0.5, 0.6) is 5.75 Å². The van der Waals surface area contributed by atoms with Gasteiger partial charge in [-0.3, -0.25) is 14.4 Å². The van der Waals surface area contributed by atoms with Crippen LogP contribution in [0.4, 0.5) is 11.4 Å². The lowest BCUT2D eigenvalue weighted by atomic mass is 9.98. The molecule has 1 atom stereocenters. The Balaban J connectivity index is 1.51. The van der Waals surface area contributed by atoms with Crippen molar-refractivity contribution in [2.45, 2.75) is 13.0 Å². The molecule has 0 fully saturated rings. The van der Waals surface area contributed by atoms with Gasteiger partial charge < -0.3 is 30.6 Å². The number of methoxy groups -OCH3 is 1. The highest BCUT2D eigenvalue weighted by Gasteiger charge is 2.30. The molecule has 1 aliphatic rings. The number of hydrogen-bond donors (Lipinski definition) is 3. The minimum atomic E-state index is -1.03. The molecule has 2 amide bonds. The zero-order valence-electron chi connectivity index (χ0n) is 20.1. The first-order valence-electron chi connectivity index (χ1n) is 11.5. The molecular weight excluding hydrogens is 476 g/mol. The Morgan fingerprint density at radius 3 is 2.51 bits per heavy atom. The van der Waals surface area contributed by atoms with Crippen molar-refractivity contribution in [3.8, 4) is 5.75 Å². The molecule has 0 saturated heterocycles. The van der Waals surface area contributed by atoms with E-state index < -0.39 is 17.8 Å². The highest BCUT2D eigenvalue weighted by atomic mass is 16.5. The van der Waals surface area contributed by atoms with Crippen molar-refractivity contribution in [2.75, 3.05) is 23.9 Å². The fourth-order valence-corrected chi connectivity index (χ4v) is 3.98. The summed E-state index contributed by atoms with van der Waals surface area (Å²) >= 11 is 0. The Hall–Kier alpha value is -4.86. The summed E-state index contributed by atoms with van der Waals surface area (Å²) in [4.78, 5) is 39.5. The van der Waals surface area contributed by atoms with Crippen molar-refractivity contribution in [3.63, 3.8) is 0 Å². The van der Waals surface area contributed by atoms with Gasteiger partial charge in [0.05, 0.1) is 19.3 Å².